The van der Waals surface area contributed by atoms with Crippen molar-refractivity contribution in [3.63, 3.8) is 0 Å². The maximum absolute atomic E-state index is 15.3. The van der Waals surface area contributed by atoms with E-state index < -0.39 is 5.67 Å². The Bertz CT molecular complexity index is 1180. The van der Waals surface area contributed by atoms with E-state index in [4.69, 9.17) is 11.0 Å². The molecule has 7 heteroatoms. The Morgan fingerprint density at radius 1 is 1.20 bits per heavy atom. The van der Waals surface area contributed by atoms with E-state index in [1.807, 2.05) is 32.9 Å². The molecular formula is C23H22FN5O. The minimum atomic E-state index is -1.60. The molecule has 1 fully saturated rings. The topological polar surface area (TPSA) is 98.8 Å². The zero-order chi connectivity index (χ0) is 21.6. The van der Waals surface area contributed by atoms with Gasteiger partial charge < -0.3 is 15.6 Å². The number of nitrogen functional groups attached to an aromatic ring is 1. The fourth-order valence-electron chi connectivity index (χ4n) is 3.97. The van der Waals surface area contributed by atoms with Crippen LogP contribution in [0.2, 0.25) is 0 Å². The Balaban J connectivity index is 1.59. The summed E-state index contributed by atoms with van der Waals surface area (Å²) in [6, 6.07) is 12.2. The molecular weight excluding hydrogens is 381 g/mol. The van der Waals surface area contributed by atoms with E-state index in [1.165, 1.54) is 4.90 Å². The van der Waals surface area contributed by atoms with Crippen molar-refractivity contribution in [2.75, 3.05) is 18.8 Å². The van der Waals surface area contributed by atoms with E-state index >= 15 is 4.39 Å². The Labute approximate surface area is 174 Å². The van der Waals surface area contributed by atoms with Crippen LogP contribution in [0.1, 0.15) is 38.4 Å². The number of aromatic nitrogens is 2. The zero-order valence-electron chi connectivity index (χ0n) is 17.1. The molecule has 2 aromatic carbocycles. The number of imidazole rings is 1. The number of nitrogens with zero attached hydrogens (tertiary/aromatic N) is 3. The third kappa shape index (κ3) is 3.20. The van der Waals surface area contributed by atoms with Gasteiger partial charge in [0.25, 0.3) is 5.91 Å². The van der Waals surface area contributed by atoms with E-state index in [0.717, 1.165) is 16.7 Å². The van der Waals surface area contributed by atoms with E-state index in [1.54, 1.807) is 30.3 Å². The van der Waals surface area contributed by atoms with Crippen LogP contribution in [-0.2, 0) is 5.67 Å². The van der Waals surface area contributed by atoms with E-state index in [-0.39, 0.29) is 19.0 Å². The number of aryl methyl sites for hydroxylation is 3. The predicted octanol–water partition coefficient (Wildman–Crippen LogP) is 3.78. The van der Waals surface area contributed by atoms with Crippen molar-refractivity contribution < 1.29 is 9.18 Å². The van der Waals surface area contributed by atoms with Gasteiger partial charge in [0.05, 0.1) is 30.4 Å². The number of nitrogens with one attached hydrogen (secondary N) is 1. The number of nitrogens with two attached hydrogens (primary N) is 1. The SMILES string of the molecule is Cc1nc(N)c(-c2cc(C(=O)N3CC(F)(c4ccc(C#N)cc4)C3)c(C)cc2C)[nH]1. The maximum atomic E-state index is 15.3. The van der Waals surface area contributed by atoms with Gasteiger partial charge in [-0.05, 0) is 55.7 Å². The highest BCUT2D eigenvalue weighted by Crippen LogP contribution is 2.38. The molecule has 1 aliphatic heterocycles. The van der Waals surface area contributed by atoms with E-state index in [0.29, 0.717) is 34.0 Å². The summed E-state index contributed by atoms with van der Waals surface area (Å²) in [5, 5.41) is 8.90. The molecule has 3 N–H and O–H groups in total. The van der Waals surface area contributed by atoms with Crippen molar-refractivity contribution in [3.8, 4) is 17.3 Å². The molecule has 0 aliphatic carbocycles. The molecule has 1 saturated heterocycles. The number of alkyl halides is 1. The largest absolute Gasteiger partial charge is 0.382 e. The van der Waals surface area contributed by atoms with Gasteiger partial charge in [0.15, 0.2) is 5.67 Å². The van der Waals surface area contributed by atoms with Gasteiger partial charge in [-0.2, -0.15) is 5.26 Å². The quantitative estimate of drug-likeness (QED) is 0.695. The van der Waals surface area contributed by atoms with Gasteiger partial charge in [0.1, 0.15) is 11.6 Å². The number of hydrogen-bond acceptors (Lipinski definition) is 4. The lowest BCUT2D eigenvalue weighted by Crippen LogP contribution is -2.58. The first-order valence-electron chi connectivity index (χ1n) is 9.64. The molecule has 0 bridgehead atoms. The van der Waals surface area contributed by atoms with Crippen LogP contribution in [0.25, 0.3) is 11.3 Å². The summed E-state index contributed by atoms with van der Waals surface area (Å²) in [6.45, 7) is 5.60. The van der Waals surface area contributed by atoms with Crippen LogP contribution in [0.15, 0.2) is 36.4 Å². The highest BCUT2D eigenvalue weighted by atomic mass is 19.1. The molecule has 2 heterocycles. The summed E-state index contributed by atoms with van der Waals surface area (Å²) < 4.78 is 15.3. The molecule has 1 amide bonds. The summed E-state index contributed by atoms with van der Waals surface area (Å²) in [5.41, 5.74) is 9.17. The molecule has 4 rings (SSSR count). The van der Waals surface area contributed by atoms with Crippen LogP contribution in [0.4, 0.5) is 10.2 Å². The summed E-state index contributed by atoms with van der Waals surface area (Å²) in [7, 11) is 0. The first-order valence-corrected chi connectivity index (χ1v) is 9.64. The van der Waals surface area contributed by atoms with Crippen molar-refractivity contribution in [3.05, 3.63) is 70.0 Å². The summed E-state index contributed by atoms with van der Waals surface area (Å²) in [4.78, 5) is 22.0. The number of carbonyl (C=O) groups is 1. The fourth-order valence-corrected chi connectivity index (χ4v) is 3.97. The van der Waals surface area contributed by atoms with Crippen LogP contribution < -0.4 is 5.73 Å². The van der Waals surface area contributed by atoms with Gasteiger partial charge in [-0.15, -0.1) is 0 Å². The van der Waals surface area contributed by atoms with Crippen LogP contribution in [0, 0.1) is 32.1 Å². The zero-order valence-corrected chi connectivity index (χ0v) is 17.1. The molecule has 1 aliphatic rings. The van der Waals surface area contributed by atoms with Gasteiger partial charge in [0.2, 0.25) is 0 Å². The first kappa shape index (κ1) is 19.6. The number of hydrogen-bond donors (Lipinski definition) is 2. The van der Waals surface area contributed by atoms with Crippen LogP contribution >= 0.6 is 0 Å². The van der Waals surface area contributed by atoms with Crippen molar-refractivity contribution in [2.24, 2.45) is 0 Å². The smallest absolute Gasteiger partial charge is 0.254 e. The van der Waals surface area contributed by atoms with Gasteiger partial charge >= 0.3 is 0 Å². The predicted molar refractivity (Wildman–Crippen MR) is 112 cm³/mol. The number of nitriles is 1. The average Bonchev–Trinajstić information content (AvgIpc) is 3.03. The lowest BCUT2D eigenvalue weighted by Gasteiger charge is -2.45. The van der Waals surface area contributed by atoms with E-state index in [2.05, 4.69) is 9.97 Å². The third-order valence-electron chi connectivity index (χ3n) is 5.62. The number of carbonyl (C=O) groups excluding carboxylic acids is 1. The van der Waals surface area contributed by atoms with Crippen LogP contribution in [0.5, 0.6) is 0 Å². The second-order valence-corrected chi connectivity index (χ2v) is 7.88. The highest BCUT2D eigenvalue weighted by molar-refractivity contribution is 5.98. The number of anilines is 1. The Morgan fingerprint density at radius 3 is 2.43 bits per heavy atom. The summed E-state index contributed by atoms with van der Waals surface area (Å²) >= 11 is 0. The van der Waals surface area contributed by atoms with Crippen LogP contribution in [0.3, 0.4) is 0 Å². The van der Waals surface area contributed by atoms with E-state index in [9.17, 15) is 4.79 Å². The number of rotatable bonds is 3. The van der Waals surface area contributed by atoms with Crippen molar-refractivity contribution in [2.45, 2.75) is 26.4 Å². The minimum Gasteiger partial charge on any atom is -0.382 e. The Morgan fingerprint density at radius 2 is 1.87 bits per heavy atom. The highest BCUT2D eigenvalue weighted by Gasteiger charge is 2.47. The Hall–Kier alpha value is -3.66. The Kier molecular flexibility index (Phi) is 4.58. The van der Waals surface area contributed by atoms with Crippen molar-refractivity contribution in [1.29, 1.82) is 5.26 Å². The second-order valence-electron chi connectivity index (χ2n) is 7.88. The number of H-pyrrole nitrogens is 1. The number of amides is 1. The van der Waals surface area contributed by atoms with Crippen molar-refractivity contribution >= 4 is 11.7 Å². The molecule has 3 aromatic rings. The standard InChI is InChI=1S/C23H22FN5O/c1-13-8-14(2)19(9-18(13)20-21(26)28-15(3)27-20)22(30)29-11-23(24,12-29)17-6-4-16(10-25)5-7-17/h4-9H,11-12,26H2,1-3H3,(H,27,28). The lowest BCUT2D eigenvalue weighted by molar-refractivity contribution is -0.0231. The molecule has 0 radical (unpaired) electrons. The molecule has 1 aromatic heterocycles. The average molecular weight is 403 g/mol. The number of aromatic amines is 1. The monoisotopic (exact) mass is 403 g/mol. The normalized spacial score (nSPS) is 14.8. The molecule has 0 spiro atoms. The second kappa shape index (κ2) is 6.99. The van der Waals surface area contributed by atoms with Crippen molar-refractivity contribution in [1.82, 2.24) is 14.9 Å². The molecule has 6 nitrogen and oxygen atoms in total. The van der Waals surface area contributed by atoms with Gasteiger partial charge in [-0.3, -0.25) is 4.79 Å². The lowest BCUT2D eigenvalue weighted by atomic mass is 9.86. The fraction of sp³-hybridized carbons (Fsp3) is 0.261. The van der Waals surface area contributed by atoms with Gasteiger partial charge in [0, 0.05) is 11.1 Å². The molecule has 0 saturated carbocycles. The summed E-state index contributed by atoms with van der Waals surface area (Å²) in [6.07, 6.45) is 0. The number of likely N-dealkylation sites (tertiary alicyclic amines) is 1. The van der Waals surface area contributed by atoms with Gasteiger partial charge in [-0.25, -0.2) is 9.37 Å². The molecule has 0 atom stereocenters. The van der Waals surface area contributed by atoms with Gasteiger partial charge in [-0.1, -0.05) is 18.2 Å². The number of benzene rings is 2. The molecule has 0 unspecified atom stereocenters. The molecule has 30 heavy (non-hydrogen) atoms. The molecule has 152 valence electrons. The van der Waals surface area contributed by atoms with Crippen LogP contribution in [-0.4, -0.2) is 33.9 Å². The number of halogens is 1. The third-order valence-corrected chi connectivity index (χ3v) is 5.62. The summed E-state index contributed by atoms with van der Waals surface area (Å²) in [5.74, 6) is 0.860. The first-order chi connectivity index (χ1) is 14.2. The minimum absolute atomic E-state index is 0.0221. The maximum Gasteiger partial charge on any atom is 0.254 e.